The first-order chi connectivity index (χ1) is 12.8. The van der Waals surface area contributed by atoms with Crippen molar-refractivity contribution >= 4 is 22.6 Å². The zero-order valence-electron chi connectivity index (χ0n) is 16.2. The lowest BCUT2D eigenvalue weighted by atomic mass is 9.92. The monoisotopic (exact) mass is 365 g/mol. The maximum atomic E-state index is 13.0. The molecule has 27 heavy (non-hydrogen) atoms. The first-order valence-corrected chi connectivity index (χ1v) is 9.27. The van der Waals surface area contributed by atoms with E-state index in [1.807, 2.05) is 30.3 Å². The molecule has 5 nitrogen and oxygen atoms in total. The van der Waals surface area contributed by atoms with Gasteiger partial charge in [-0.2, -0.15) is 0 Å². The van der Waals surface area contributed by atoms with Gasteiger partial charge in [0, 0.05) is 17.9 Å². The van der Waals surface area contributed by atoms with Crippen LogP contribution in [-0.2, 0) is 15.6 Å². The number of aromatic amines is 1. The number of hydrogen-bond donors (Lipinski definition) is 2. The third-order valence-corrected chi connectivity index (χ3v) is 5.36. The van der Waals surface area contributed by atoms with Gasteiger partial charge in [0.25, 0.3) is 0 Å². The molecule has 1 fully saturated rings. The lowest BCUT2D eigenvalue weighted by Crippen LogP contribution is -2.27. The minimum absolute atomic E-state index is 0. The van der Waals surface area contributed by atoms with Crippen molar-refractivity contribution in [1.29, 1.82) is 0 Å². The molecule has 0 bridgehead atoms. The fourth-order valence-electron chi connectivity index (χ4n) is 3.42. The number of carbonyl (C=O) groups excluding carboxylic acids is 1. The molecule has 0 aliphatic heterocycles. The van der Waals surface area contributed by atoms with Crippen molar-refractivity contribution in [2.24, 2.45) is 0 Å². The smallest absolute Gasteiger partial charge is 0.235 e. The van der Waals surface area contributed by atoms with Crippen molar-refractivity contribution in [2.75, 3.05) is 12.4 Å². The van der Waals surface area contributed by atoms with Crippen LogP contribution in [0.4, 0.5) is 5.69 Å². The summed E-state index contributed by atoms with van der Waals surface area (Å²) in [4.78, 5) is 20.8. The van der Waals surface area contributed by atoms with E-state index in [9.17, 15) is 4.79 Å². The van der Waals surface area contributed by atoms with Gasteiger partial charge >= 0.3 is 0 Å². The summed E-state index contributed by atoms with van der Waals surface area (Å²) in [7, 11) is 1.64. The normalized spacial score (nSPS) is 15.6. The molecule has 1 amide bonds. The average Bonchev–Trinajstić information content (AvgIpc) is 3.34. The average molecular weight is 365 g/mol. The Kier molecular flexibility index (Phi) is 3.98. The molecule has 2 aromatic heterocycles. The van der Waals surface area contributed by atoms with Crippen molar-refractivity contribution in [1.82, 2.24) is 9.97 Å². The van der Waals surface area contributed by atoms with E-state index in [4.69, 9.17) is 4.74 Å². The van der Waals surface area contributed by atoms with Crippen molar-refractivity contribution in [3.8, 4) is 5.75 Å². The van der Waals surface area contributed by atoms with Crippen LogP contribution in [0.25, 0.3) is 11.0 Å². The van der Waals surface area contributed by atoms with Crippen LogP contribution >= 0.6 is 0 Å². The first kappa shape index (κ1) is 17.6. The summed E-state index contributed by atoms with van der Waals surface area (Å²) in [6.07, 6.45) is 3.44. The Bertz CT molecular complexity index is 999. The number of ether oxygens (including phenoxy) is 1. The predicted molar refractivity (Wildman–Crippen MR) is 109 cm³/mol. The number of nitrogens with one attached hydrogen (secondary N) is 2. The molecule has 0 atom stereocenters. The zero-order valence-corrected chi connectivity index (χ0v) is 16.2. The first-order valence-electron chi connectivity index (χ1n) is 9.27. The molecular weight excluding hydrogens is 338 g/mol. The van der Waals surface area contributed by atoms with E-state index in [0.29, 0.717) is 0 Å². The molecule has 1 aliphatic rings. The van der Waals surface area contributed by atoms with E-state index in [0.717, 1.165) is 46.6 Å². The quantitative estimate of drug-likeness (QED) is 0.699. The maximum absolute atomic E-state index is 13.0. The third kappa shape index (κ3) is 3.18. The molecule has 3 aromatic rings. The lowest BCUT2D eigenvalue weighted by molar-refractivity contribution is -0.118. The standard InChI is InChI=1S/C22H25N3O2.H2/c1-21(2,3)18-12-14-11-16(13-23-19(14)25-18)24-20(26)22(9-10-22)15-5-7-17(27-4)8-6-15;/h5-8,11-13H,9-10H2,1-4H3,(H,23,25)(H,24,26);1H. The van der Waals surface area contributed by atoms with Gasteiger partial charge in [0.05, 0.1) is 24.4 Å². The summed E-state index contributed by atoms with van der Waals surface area (Å²) in [6.45, 7) is 6.48. The van der Waals surface area contributed by atoms with Crippen LogP contribution in [-0.4, -0.2) is 23.0 Å². The highest BCUT2D eigenvalue weighted by molar-refractivity contribution is 6.02. The highest BCUT2D eigenvalue weighted by Crippen LogP contribution is 2.49. The van der Waals surface area contributed by atoms with Crippen molar-refractivity contribution < 1.29 is 11.0 Å². The summed E-state index contributed by atoms with van der Waals surface area (Å²) in [5.74, 6) is 0.826. The van der Waals surface area contributed by atoms with Crippen LogP contribution < -0.4 is 10.1 Å². The molecule has 1 aromatic carbocycles. The van der Waals surface area contributed by atoms with Crippen molar-refractivity contribution in [2.45, 2.75) is 44.4 Å². The molecule has 4 rings (SSSR count). The second-order valence-electron chi connectivity index (χ2n) is 8.36. The number of hydrogen-bond acceptors (Lipinski definition) is 3. The molecule has 2 N–H and O–H groups in total. The molecule has 5 heteroatoms. The molecule has 142 valence electrons. The number of pyridine rings is 1. The van der Waals surface area contributed by atoms with Crippen LogP contribution in [0.5, 0.6) is 5.75 Å². The number of nitrogens with zero attached hydrogens (tertiary/aromatic N) is 1. The van der Waals surface area contributed by atoms with Gasteiger partial charge in [0.2, 0.25) is 5.91 Å². The highest BCUT2D eigenvalue weighted by Gasteiger charge is 2.51. The number of aromatic nitrogens is 2. The zero-order chi connectivity index (χ0) is 19.2. The van der Waals surface area contributed by atoms with E-state index < -0.39 is 5.41 Å². The highest BCUT2D eigenvalue weighted by atomic mass is 16.5. The van der Waals surface area contributed by atoms with Crippen molar-refractivity contribution in [3.63, 3.8) is 0 Å². The van der Waals surface area contributed by atoms with E-state index in [2.05, 4.69) is 42.1 Å². The molecule has 1 aliphatic carbocycles. The molecule has 2 heterocycles. The fourth-order valence-corrected chi connectivity index (χ4v) is 3.42. The van der Waals surface area contributed by atoms with E-state index >= 15 is 0 Å². The van der Waals surface area contributed by atoms with Crippen LogP contribution in [0.15, 0.2) is 42.6 Å². The van der Waals surface area contributed by atoms with Crippen LogP contribution in [0, 0.1) is 0 Å². The summed E-state index contributed by atoms with van der Waals surface area (Å²) in [5.41, 5.74) is 3.32. The lowest BCUT2D eigenvalue weighted by Gasteiger charge is -2.16. The van der Waals surface area contributed by atoms with E-state index in [-0.39, 0.29) is 12.7 Å². The molecule has 0 saturated heterocycles. The summed E-state index contributed by atoms with van der Waals surface area (Å²) >= 11 is 0. The second kappa shape index (κ2) is 6.12. The predicted octanol–water partition coefficient (Wildman–Crippen LogP) is 4.79. The molecule has 1 saturated carbocycles. The summed E-state index contributed by atoms with van der Waals surface area (Å²) in [6, 6.07) is 11.9. The number of carbonyl (C=O) groups is 1. The molecule has 0 spiro atoms. The van der Waals surface area contributed by atoms with Gasteiger partial charge in [0.1, 0.15) is 11.4 Å². The number of anilines is 1. The van der Waals surface area contributed by atoms with E-state index in [1.54, 1.807) is 13.3 Å². The Hall–Kier alpha value is -2.82. The maximum Gasteiger partial charge on any atom is 0.235 e. The third-order valence-electron chi connectivity index (χ3n) is 5.36. The number of rotatable bonds is 4. The van der Waals surface area contributed by atoms with Gasteiger partial charge in [-0.3, -0.25) is 4.79 Å². The molecule has 0 radical (unpaired) electrons. The Morgan fingerprint density at radius 1 is 1.22 bits per heavy atom. The van der Waals surface area contributed by atoms with Gasteiger partial charge in [-0.15, -0.1) is 0 Å². The van der Waals surface area contributed by atoms with E-state index in [1.165, 1.54) is 0 Å². The number of methoxy groups -OCH3 is 1. The number of benzene rings is 1. The number of fused-ring (bicyclic) bond motifs is 1. The number of amides is 1. The second-order valence-corrected chi connectivity index (χ2v) is 8.36. The summed E-state index contributed by atoms with van der Waals surface area (Å²) < 4.78 is 5.21. The largest absolute Gasteiger partial charge is 0.497 e. The van der Waals surface area contributed by atoms with Gasteiger partial charge in [-0.1, -0.05) is 32.9 Å². The topological polar surface area (TPSA) is 67.0 Å². The Morgan fingerprint density at radius 2 is 1.93 bits per heavy atom. The molecule has 0 unspecified atom stereocenters. The minimum Gasteiger partial charge on any atom is -0.497 e. The SMILES string of the molecule is COc1ccc(C2(C(=O)Nc3cnc4[nH]c(C(C)(C)C)cc4c3)CC2)cc1.[HH]. The van der Waals surface area contributed by atoms with Gasteiger partial charge in [0.15, 0.2) is 0 Å². The Morgan fingerprint density at radius 3 is 2.52 bits per heavy atom. The number of H-pyrrole nitrogens is 1. The minimum atomic E-state index is -0.435. The summed E-state index contributed by atoms with van der Waals surface area (Å²) in [5, 5.41) is 4.07. The fraction of sp³-hybridized carbons (Fsp3) is 0.364. The van der Waals surface area contributed by atoms with Crippen LogP contribution in [0.3, 0.4) is 0 Å². The molecular formula is C22H27N3O2. The van der Waals surface area contributed by atoms with Crippen LogP contribution in [0.1, 0.15) is 46.3 Å². The Balaban J connectivity index is 0.00000225. The Labute approximate surface area is 160 Å². The van der Waals surface area contributed by atoms with Gasteiger partial charge in [-0.05, 0) is 42.7 Å². The van der Waals surface area contributed by atoms with Crippen molar-refractivity contribution in [3.05, 3.63) is 53.9 Å². The van der Waals surface area contributed by atoms with Crippen LogP contribution in [0.2, 0.25) is 0 Å². The van der Waals surface area contributed by atoms with Gasteiger partial charge < -0.3 is 15.0 Å². The van der Waals surface area contributed by atoms with Gasteiger partial charge in [-0.25, -0.2) is 4.98 Å².